The van der Waals surface area contributed by atoms with Crippen molar-refractivity contribution in [3.05, 3.63) is 0 Å². The normalized spacial score (nSPS) is 23.5. The Balaban J connectivity index is 2.00. The lowest BCUT2D eigenvalue weighted by Gasteiger charge is -2.35. The lowest BCUT2D eigenvalue weighted by Crippen LogP contribution is -2.45. The van der Waals surface area contributed by atoms with Gasteiger partial charge in [-0.15, -0.1) is 0 Å². The molecule has 0 spiro atoms. The summed E-state index contributed by atoms with van der Waals surface area (Å²) in [6.07, 6.45) is 6.82. The van der Waals surface area contributed by atoms with Crippen molar-refractivity contribution in [2.45, 2.75) is 52.4 Å². The molecule has 0 atom stereocenters. The summed E-state index contributed by atoms with van der Waals surface area (Å²) in [7, 11) is 0. The zero-order valence-electron chi connectivity index (χ0n) is 13.9. The second-order valence-electron chi connectivity index (χ2n) is 7.36. The van der Waals surface area contributed by atoms with Gasteiger partial charge in [-0.2, -0.15) is 0 Å². The van der Waals surface area contributed by atoms with E-state index in [-0.39, 0.29) is 5.41 Å². The molecule has 2 aliphatic rings. The van der Waals surface area contributed by atoms with Crippen LogP contribution >= 0.6 is 0 Å². The van der Waals surface area contributed by atoms with Gasteiger partial charge in [0.2, 0.25) is 5.91 Å². The quantitative estimate of drug-likeness (QED) is 0.845. The minimum absolute atomic E-state index is 0.0444. The fraction of sp³-hybridized carbons (Fsp3) is 0.941. The molecule has 0 unspecified atom stereocenters. The molecule has 0 aromatic heterocycles. The molecule has 21 heavy (non-hydrogen) atoms. The first-order valence-corrected chi connectivity index (χ1v) is 8.79. The Hall–Kier alpha value is -0.610. The molecule has 122 valence electrons. The van der Waals surface area contributed by atoms with Crippen LogP contribution in [0, 0.1) is 11.3 Å². The summed E-state index contributed by atoms with van der Waals surface area (Å²) in [6, 6.07) is 0. The van der Waals surface area contributed by atoms with Crippen molar-refractivity contribution >= 4 is 5.91 Å². The first-order valence-electron chi connectivity index (χ1n) is 8.79. The van der Waals surface area contributed by atoms with Gasteiger partial charge >= 0.3 is 0 Å². The second-order valence-corrected chi connectivity index (χ2v) is 7.36. The first kappa shape index (κ1) is 16.8. The van der Waals surface area contributed by atoms with Gasteiger partial charge < -0.3 is 15.5 Å². The lowest BCUT2D eigenvalue weighted by molar-refractivity contribution is -0.142. The van der Waals surface area contributed by atoms with Crippen LogP contribution in [-0.4, -0.2) is 55.0 Å². The Morgan fingerprint density at radius 3 is 2.43 bits per heavy atom. The predicted molar refractivity (Wildman–Crippen MR) is 87.0 cm³/mol. The SMILES string of the molecule is CC(C)CC1(C(=O)N2CCCN(CCN)CC2)CCCC1. The topological polar surface area (TPSA) is 49.6 Å². The number of nitrogens with two attached hydrogens (primary N) is 1. The van der Waals surface area contributed by atoms with Crippen LogP contribution in [0.5, 0.6) is 0 Å². The van der Waals surface area contributed by atoms with Gasteiger partial charge in [0, 0.05) is 38.1 Å². The Bertz CT molecular complexity index is 337. The Labute approximate surface area is 130 Å². The van der Waals surface area contributed by atoms with Crippen LogP contribution in [0.15, 0.2) is 0 Å². The van der Waals surface area contributed by atoms with E-state index in [9.17, 15) is 4.79 Å². The molecule has 2 rings (SSSR count). The van der Waals surface area contributed by atoms with E-state index in [1.807, 2.05) is 0 Å². The first-order chi connectivity index (χ1) is 10.1. The summed E-state index contributed by atoms with van der Waals surface area (Å²) in [5.74, 6) is 1.05. The Morgan fingerprint density at radius 1 is 1.10 bits per heavy atom. The second kappa shape index (κ2) is 7.59. The van der Waals surface area contributed by atoms with Gasteiger partial charge in [-0.05, 0) is 38.1 Å². The molecule has 4 heteroatoms. The van der Waals surface area contributed by atoms with E-state index in [4.69, 9.17) is 5.73 Å². The van der Waals surface area contributed by atoms with Gasteiger partial charge in [0.15, 0.2) is 0 Å². The summed E-state index contributed by atoms with van der Waals surface area (Å²) in [6.45, 7) is 10.1. The minimum Gasteiger partial charge on any atom is -0.341 e. The number of carbonyl (C=O) groups excluding carboxylic acids is 1. The highest BCUT2D eigenvalue weighted by Crippen LogP contribution is 2.44. The van der Waals surface area contributed by atoms with E-state index in [1.54, 1.807) is 0 Å². The fourth-order valence-electron chi connectivity index (χ4n) is 4.25. The number of nitrogens with zero attached hydrogens (tertiary/aromatic N) is 2. The van der Waals surface area contributed by atoms with Gasteiger partial charge in [0.25, 0.3) is 0 Å². The molecule has 1 amide bonds. The van der Waals surface area contributed by atoms with E-state index in [1.165, 1.54) is 12.8 Å². The van der Waals surface area contributed by atoms with Gasteiger partial charge in [-0.1, -0.05) is 26.7 Å². The van der Waals surface area contributed by atoms with Crippen molar-refractivity contribution in [2.24, 2.45) is 17.1 Å². The average molecular weight is 295 g/mol. The highest BCUT2D eigenvalue weighted by Gasteiger charge is 2.43. The van der Waals surface area contributed by atoms with E-state index in [0.717, 1.165) is 58.4 Å². The smallest absolute Gasteiger partial charge is 0.228 e. The number of amides is 1. The zero-order chi connectivity index (χ0) is 15.3. The van der Waals surface area contributed by atoms with Crippen molar-refractivity contribution in [1.29, 1.82) is 0 Å². The van der Waals surface area contributed by atoms with Gasteiger partial charge in [-0.3, -0.25) is 4.79 Å². The summed E-state index contributed by atoms with van der Waals surface area (Å²) in [5.41, 5.74) is 5.61. The summed E-state index contributed by atoms with van der Waals surface area (Å²) in [4.78, 5) is 17.7. The van der Waals surface area contributed by atoms with Crippen molar-refractivity contribution in [1.82, 2.24) is 9.80 Å². The van der Waals surface area contributed by atoms with Crippen LogP contribution in [-0.2, 0) is 4.79 Å². The largest absolute Gasteiger partial charge is 0.341 e. The summed E-state index contributed by atoms with van der Waals surface area (Å²) >= 11 is 0. The van der Waals surface area contributed by atoms with Crippen LogP contribution in [0.1, 0.15) is 52.4 Å². The minimum atomic E-state index is -0.0444. The molecule has 4 nitrogen and oxygen atoms in total. The van der Waals surface area contributed by atoms with Gasteiger partial charge in [0.1, 0.15) is 0 Å². The molecular weight excluding hydrogens is 262 g/mol. The third-order valence-electron chi connectivity index (χ3n) is 5.13. The highest BCUT2D eigenvalue weighted by atomic mass is 16.2. The van der Waals surface area contributed by atoms with Crippen molar-refractivity contribution < 1.29 is 4.79 Å². The predicted octanol–water partition coefficient (Wildman–Crippen LogP) is 2.09. The van der Waals surface area contributed by atoms with E-state index in [2.05, 4.69) is 23.6 Å². The summed E-state index contributed by atoms with van der Waals surface area (Å²) < 4.78 is 0. The molecule has 1 saturated carbocycles. The average Bonchev–Trinajstić information content (AvgIpc) is 2.78. The number of carbonyl (C=O) groups is 1. The van der Waals surface area contributed by atoms with Crippen LogP contribution in [0.4, 0.5) is 0 Å². The zero-order valence-corrected chi connectivity index (χ0v) is 13.9. The van der Waals surface area contributed by atoms with Crippen molar-refractivity contribution in [3.63, 3.8) is 0 Å². The molecule has 2 fully saturated rings. The van der Waals surface area contributed by atoms with Crippen molar-refractivity contribution in [2.75, 3.05) is 39.3 Å². The maximum absolute atomic E-state index is 13.2. The number of hydrogen-bond donors (Lipinski definition) is 1. The molecule has 0 aromatic rings. The monoisotopic (exact) mass is 295 g/mol. The van der Waals surface area contributed by atoms with Gasteiger partial charge in [0.05, 0.1) is 0 Å². The van der Waals surface area contributed by atoms with Crippen LogP contribution in [0.3, 0.4) is 0 Å². The molecule has 1 saturated heterocycles. The van der Waals surface area contributed by atoms with Crippen molar-refractivity contribution in [3.8, 4) is 0 Å². The maximum atomic E-state index is 13.2. The van der Waals surface area contributed by atoms with Gasteiger partial charge in [-0.25, -0.2) is 0 Å². The van der Waals surface area contributed by atoms with Crippen LogP contribution in [0.2, 0.25) is 0 Å². The molecule has 1 aliphatic heterocycles. The molecule has 2 N–H and O–H groups in total. The standard InChI is InChI=1S/C17H33N3O/c1-15(2)14-17(6-3-4-7-17)16(21)20-10-5-9-19(11-8-18)12-13-20/h15H,3-14,18H2,1-2H3. The van der Waals surface area contributed by atoms with Crippen LogP contribution < -0.4 is 5.73 Å². The number of rotatable bonds is 5. The third-order valence-corrected chi connectivity index (χ3v) is 5.13. The fourth-order valence-corrected chi connectivity index (χ4v) is 4.25. The van der Waals surface area contributed by atoms with E-state index in [0.29, 0.717) is 18.4 Å². The highest BCUT2D eigenvalue weighted by molar-refractivity contribution is 5.83. The molecule has 0 bridgehead atoms. The molecule has 1 heterocycles. The molecule has 0 aromatic carbocycles. The van der Waals surface area contributed by atoms with Crippen LogP contribution in [0.25, 0.3) is 0 Å². The summed E-state index contributed by atoms with van der Waals surface area (Å²) in [5, 5.41) is 0. The van der Waals surface area contributed by atoms with E-state index >= 15 is 0 Å². The number of hydrogen-bond acceptors (Lipinski definition) is 3. The third kappa shape index (κ3) is 4.19. The lowest BCUT2D eigenvalue weighted by atomic mass is 9.77. The Morgan fingerprint density at radius 2 is 1.81 bits per heavy atom. The molecular formula is C17H33N3O. The van der Waals surface area contributed by atoms with E-state index < -0.39 is 0 Å². The maximum Gasteiger partial charge on any atom is 0.228 e. The Kier molecular flexibility index (Phi) is 6.06. The molecule has 1 aliphatic carbocycles. The molecule has 0 radical (unpaired) electrons.